The number of aryl methyl sites for hydroxylation is 3. The summed E-state index contributed by atoms with van der Waals surface area (Å²) in [5.74, 6) is -0.249. The van der Waals surface area contributed by atoms with Gasteiger partial charge in [0.25, 0.3) is 5.91 Å². The lowest BCUT2D eigenvalue weighted by Gasteiger charge is -2.31. The van der Waals surface area contributed by atoms with Gasteiger partial charge in [0.05, 0.1) is 24.3 Å². The lowest BCUT2D eigenvalue weighted by atomic mass is 9.96. The Labute approximate surface area is 154 Å². The highest BCUT2D eigenvalue weighted by atomic mass is 16.5. The monoisotopic (exact) mass is 354 g/mol. The van der Waals surface area contributed by atoms with Crippen LogP contribution in [0.4, 0.5) is 0 Å². The second-order valence-electron chi connectivity index (χ2n) is 7.06. The number of aromatic nitrogens is 1. The summed E-state index contributed by atoms with van der Waals surface area (Å²) < 4.78 is 6.95. The van der Waals surface area contributed by atoms with E-state index >= 15 is 0 Å². The van der Waals surface area contributed by atoms with E-state index in [1.807, 2.05) is 43.9 Å². The minimum absolute atomic E-state index is 0.0273. The first-order chi connectivity index (χ1) is 12.4. The summed E-state index contributed by atoms with van der Waals surface area (Å²) in [5.41, 5.74) is 4.89. The van der Waals surface area contributed by atoms with Crippen LogP contribution in [0.5, 0.6) is 0 Å². The number of piperidine rings is 1. The summed E-state index contributed by atoms with van der Waals surface area (Å²) in [6, 6.07) is 10.1. The summed E-state index contributed by atoms with van der Waals surface area (Å²) >= 11 is 0. The van der Waals surface area contributed by atoms with E-state index in [1.54, 1.807) is 0 Å². The molecule has 0 spiro atoms. The third kappa shape index (κ3) is 3.39. The van der Waals surface area contributed by atoms with E-state index in [1.165, 1.54) is 7.11 Å². The largest absolute Gasteiger partial charge is 0.469 e. The van der Waals surface area contributed by atoms with Gasteiger partial charge in [0.2, 0.25) is 0 Å². The van der Waals surface area contributed by atoms with E-state index < -0.39 is 0 Å². The summed E-state index contributed by atoms with van der Waals surface area (Å²) in [5, 5.41) is 0. The minimum Gasteiger partial charge on any atom is -0.469 e. The highest BCUT2D eigenvalue weighted by Crippen LogP contribution is 2.25. The SMILES string of the molecule is COC(=O)C1CCN(C(=O)c2cc(C)ccc2-n2c(C)ccc2C)CC1. The van der Waals surface area contributed by atoms with Gasteiger partial charge in [-0.1, -0.05) is 11.6 Å². The number of benzene rings is 1. The molecule has 2 heterocycles. The number of amides is 1. The number of hydrogen-bond acceptors (Lipinski definition) is 3. The molecule has 0 unspecified atom stereocenters. The Bertz CT molecular complexity index is 810. The van der Waals surface area contributed by atoms with E-state index in [0.29, 0.717) is 31.5 Å². The normalized spacial score (nSPS) is 15.2. The van der Waals surface area contributed by atoms with Crippen molar-refractivity contribution < 1.29 is 14.3 Å². The van der Waals surface area contributed by atoms with Crippen LogP contribution in [0.3, 0.4) is 0 Å². The zero-order valence-corrected chi connectivity index (χ0v) is 15.9. The number of likely N-dealkylation sites (tertiary alicyclic amines) is 1. The van der Waals surface area contributed by atoms with Crippen LogP contribution in [0.1, 0.15) is 40.2 Å². The molecule has 0 aliphatic carbocycles. The Kier molecular flexibility index (Phi) is 5.16. The molecule has 1 aliphatic rings. The van der Waals surface area contributed by atoms with Gasteiger partial charge < -0.3 is 14.2 Å². The number of carbonyl (C=O) groups excluding carboxylic acids is 2. The van der Waals surface area contributed by atoms with Gasteiger partial charge in [0.1, 0.15) is 0 Å². The topological polar surface area (TPSA) is 51.5 Å². The van der Waals surface area contributed by atoms with E-state index in [0.717, 1.165) is 22.6 Å². The van der Waals surface area contributed by atoms with E-state index in [-0.39, 0.29) is 17.8 Å². The summed E-state index contributed by atoms with van der Waals surface area (Å²) in [6.45, 7) is 7.25. The third-order valence-corrected chi connectivity index (χ3v) is 5.21. The van der Waals surface area contributed by atoms with Gasteiger partial charge in [-0.15, -0.1) is 0 Å². The summed E-state index contributed by atoms with van der Waals surface area (Å²) in [4.78, 5) is 26.8. The zero-order valence-electron chi connectivity index (χ0n) is 15.9. The van der Waals surface area contributed by atoms with Crippen LogP contribution in [-0.2, 0) is 9.53 Å². The molecular formula is C21H26N2O3. The van der Waals surface area contributed by atoms with E-state index in [2.05, 4.69) is 16.7 Å². The molecule has 1 saturated heterocycles. The molecule has 0 atom stereocenters. The number of esters is 1. The fraction of sp³-hybridized carbons (Fsp3) is 0.429. The molecule has 1 amide bonds. The first-order valence-corrected chi connectivity index (χ1v) is 9.05. The number of methoxy groups -OCH3 is 1. The molecule has 0 N–H and O–H groups in total. The van der Waals surface area contributed by atoms with Gasteiger partial charge in [-0.2, -0.15) is 0 Å². The number of rotatable bonds is 3. The van der Waals surface area contributed by atoms with Crippen molar-refractivity contribution in [3.8, 4) is 5.69 Å². The highest BCUT2D eigenvalue weighted by molar-refractivity contribution is 5.98. The van der Waals surface area contributed by atoms with Gasteiger partial charge in [0, 0.05) is 24.5 Å². The van der Waals surface area contributed by atoms with E-state index in [4.69, 9.17) is 4.74 Å². The van der Waals surface area contributed by atoms with Crippen LogP contribution >= 0.6 is 0 Å². The van der Waals surface area contributed by atoms with Crippen LogP contribution in [0.2, 0.25) is 0 Å². The Morgan fingerprint density at radius 1 is 1.00 bits per heavy atom. The van der Waals surface area contributed by atoms with Crippen molar-refractivity contribution >= 4 is 11.9 Å². The third-order valence-electron chi connectivity index (χ3n) is 5.21. The van der Waals surface area contributed by atoms with Crippen molar-refractivity contribution in [1.29, 1.82) is 0 Å². The van der Waals surface area contributed by atoms with Crippen LogP contribution in [0, 0.1) is 26.7 Å². The Morgan fingerprint density at radius 2 is 1.62 bits per heavy atom. The second-order valence-corrected chi connectivity index (χ2v) is 7.06. The molecule has 5 heteroatoms. The molecule has 1 fully saturated rings. The summed E-state index contributed by atoms with van der Waals surface area (Å²) in [7, 11) is 1.42. The van der Waals surface area contributed by atoms with Crippen molar-refractivity contribution in [2.45, 2.75) is 33.6 Å². The van der Waals surface area contributed by atoms with Crippen LogP contribution in [0.15, 0.2) is 30.3 Å². The lowest BCUT2D eigenvalue weighted by molar-refractivity contribution is -0.146. The molecule has 3 rings (SSSR count). The number of ether oxygens (including phenoxy) is 1. The van der Waals surface area contributed by atoms with Gasteiger partial charge in [0.15, 0.2) is 0 Å². The molecule has 26 heavy (non-hydrogen) atoms. The van der Waals surface area contributed by atoms with Crippen molar-refractivity contribution in [1.82, 2.24) is 9.47 Å². The smallest absolute Gasteiger partial charge is 0.308 e. The maximum atomic E-state index is 13.2. The molecule has 5 nitrogen and oxygen atoms in total. The van der Waals surface area contributed by atoms with Gasteiger partial charge >= 0.3 is 5.97 Å². The molecule has 1 aliphatic heterocycles. The van der Waals surface area contributed by atoms with Gasteiger partial charge in [-0.05, 0) is 57.9 Å². The Morgan fingerprint density at radius 3 is 2.19 bits per heavy atom. The van der Waals surface area contributed by atoms with Crippen molar-refractivity contribution in [2.24, 2.45) is 5.92 Å². The van der Waals surface area contributed by atoms with Crippen LogP contribution in [0.25, 0.3) is 5.69 Å². The lowest BCUT2D eigenvalue weighted by Crippen LogP contribution is -2.40. The van der Waals surface area contributed by atoms with Gasteiger partial charge in [-0.3, -0.25) is 9.59 Å². The first kappa shape index (κ1) is 18.2. The Balaban J connectivity index is 1.89. The predicted molar refractivity (Wildman–Crippen MR) is 101 cm³/mol. The molecule has 0 bridgehead atoms. The fourth-order valence-corrected chi connectivity index (χ4v) is 3.72. The molecule has 1 aromatic heterocycles. The maximum absolute atomic E-state index is 13.2. The molecule has 0 radical (unpaired) electrons. The zero-order chi connectivity index (χ0) is 18.8. The summed E-state index contributed by atoms with van der Waals surface area (Å²) in [6.07, 6.45) is 1.31. The van der Waals surface area contributed by atoms with Crippen molar-refractivity contribution in [3.63, 3.8) is 0 Å². The first-order valence-electron chi connectivity index (χ1n) is 9.05. The predicted octanol–water partition coefficient (Wildman–Crippen LogP) is 3.43. The standard InChI is InChI=1S/C21H26N2O3/c1-14-5-8-19(23-15(2)6-7-16(23)3)18(13-14)20(24)22-11-9-17(10-12-22)21(25)26-4/h5-8,13,17H,9-12H2,1-4H3. The van der Waals surface area contributed by atoms with E-state index in [9.17, 15) is 9.59 Å². The van der Waals surface area contributed by atoms with Crippen LogP contribution in [-0.4, -0.2) is 41.5 Å². The van der Waals surface area contributed by atoms with Crippen LogP contribution < -0.4 is 0 Å². The van der Waals surface area contributed by atoms with Crippen molar-refractivity contribution in [2.75, 3.05) is 20.2 Å². The van der Waals surface area contributed by atoms with Crippen molar-refractivity contribution in [3.05, 3.63) is 52.8 Å². The molecule has 0 saturated carbocycles. The quantitative estimate of drug-likeness (QED) is 0.794. The Hall–Kier alpha value is -2.56. The average Bonchev–Trinajstić information content (AvgIpc) is 2.99. The molecule has 138 valence electrons. The second kappa shape index (κ2) is 7.36. The number of nitrogens with zero attached hydrogens (tertiary/aromatic N) is 2. The highest BCUT2D eigenvalue weighted by Gasteiger charge is 2.29. The molecule has 2 aromatic rings. The maximum Gasteiger partial charge on any atom is 0.308 e. The van der Waals surface area contributed by atoms with Gasteiger partial charge in [-0.25, -0.2) is 0 Å². The molecule has 1 aromatic carbocycles. The fourth-order valence-electron chi connectivity index (χ4n) is 3.72. The molecular weight excluding hydrogens is 328 g/mol. The average molecular weight is 354 g/mol. The number of carbonyl (C=O) groups is 2. The number of hydrogen-bond donors (Lipinski definition) is 0. The minimum atomic E-state index is -0.174.